The van der Waals surface area contributed by atoms with E-state index in [4.69, 9.17) is 9.84 Å². The Labute approximate surface area is 181 Å². The molecular weight excluding hydrogens is 409 g/mol. The molecule has 1 fully saturated rings. The molecule has 1 saturated heterocycles. The average Bonchev–Trinajstić information content (AvgIpc) is 3.28. The van der Waals surface area contributed by atoms with Crippen molar-refractivity contribution in [3.8, 4) is 5.75 Å². The summed E-state index contributed by atoms with van der Waals surface area (Å²) in [5.74, 6) is 0.304. The summed E-state index contributed by atoms with van der Waals surface area (Å²) in [6.07, 6.45) is -3.85. The van der Waals surface area contributed by atoms with Gasteiger partial charge in [-0.05, 0) is 36.2 Å². The molecule has 8 heteroatoms. The summed E-state index contributed by atoms with van der Waals surface area (Å²) in [6.45, 7) is 4.59. The number of carbonyl (C=O) groups excluding carboxylic acids is 1. The highest BCUT2D eigenvalue weighted by molar-refractivity contribution is 5.78. The molecule has 0 aromatic heterocycles. The van der Waals surface area contributed by atoms with Crippen LogP contribution in [0.2, 0.25) is 0 Å². The minimum Gasteiger partial charge on any atom is -0.484 e. The maximum Gasteiger partial charge on any atom is 0.418 e. The second kappa shape index (κ2) is 11.0. The van der Waals surface area contributed by atoms with Gasteiger partial charge in [-0.1, -0.05) is 38.1 Å². The minimum atomic E-state index is -4.43. The second-order valence-electron chi connectivity index (χ2n) is 7.00. The molecule has 1 N–H and O–H groups in total. The number of para-hydroxylation sites is 1. The zero-order valence-corrected chi connectivity index (χ0v) is 18.0. The molecule has 5 nitrogen and oxygen atoms in total. The van der Waals surface area contributed by atoms with Crippen LogP contribution >= 0.6 is 0 Å². The summed E-state index contributed by atoms with van der Waals surface area (Å²) in [5.41, 5.74) is 0.176. The van der Waals surface area contributed by atoms with Gasteiger partial charge in [0.2, 0.25) is 0 Å². The molecule has 31 heavy (non-hydrogen) atoms. The fraction of sp³-hybridized carbons (Fsp3) is 0.435. The molecule has 3 rings (SSSR count). The number of aliphatic hydroxyl groups excluding tert-OH is 1. The van der Waals surface area contributed by atoms with Crippen molar-refractivity contribution in [2.45, 2.75) is 39.1 Å². The van der Waals surface area contributed by atoms with E-state index in [1.807, 2.05) is 13.8 Å². The molecule has 0 aliphatic carbocycles. The molecule has 2 aromatic rings. The number of anilines is 1. The van der Waals surface area contributed by atoms with E-state index in [1.165, 1.54) is 12.1 Å². The Morgan fingerprint density at radius 1 is 1.16 bits per heavy atom. The highest BCUT2D eigenvalue weighted by Crippen LogP contribution is 2.37. The summed E-state index contributed by atoms with van der Waals surface area (Å²) in [7, 11) is 1.63. The smallest absolute Gasteiger partial charge is 0.418 e. The van der Waals surface area contributed by atoms with Crippen molar-refractivity contribution in [1.82, 2.24) is 4.90 Å². The van der Waals surface area contributed by atoms with Crippen LogP contribution in [0.5, 0.6) is 5.75 Å². The third-order valence-electron chi connectivity index (χ3n) is 5.12. The highest BCUT2D eigenvalue weighted by Gasteiger charge is 2.36. The SMILES string of the molecule is CC.CN(c1ccccc1C(F)(F)F)C1CCN(C(=O)COc2ccc(CO)cc2)C1. The quantitative estimate of drug-likeness (QED) is 0.729. The Kier molecular flexibility index (Phi) is 8.74. The summed E-state index contributed by atoms with van der Waals surface area (Å²) >= 11 is 0. The van der Waals surface area contributed by atoms with Gasteiger partial charge in [0.1, 0.15) is 5.75 Å². The monoisotopic (exact) mass is 438 g/mol. The van der Waals surface area contributed by atoms with Gasteiger partial charge >= 0.3 is 6.18 Å². The van der Waals surface area contributed by atoms with Crippen molar-refractivity contribution in [2.24, 2.45) is 0 Å². The van der Waals surface area contributed by atoms with Gasteiger partial charge in [0, 0.05) is 31.9 Å². The lowest BCUT2D eigenvalue weighted by atomic mass is 10.1. The van der Waals surface area contributed by atoms with E-state index in [1.54, 1.807) is 47.2 Å². The highest BCUT2D eigenvalue weighted by atomic mass is 19.4. The number of alkyl halides is 3. The molecule has 1 aliphatic heterocycles. The van der Waals surface area contributed by atoms with E-state index in [0.717, 1.165) is 11.6 Å². The van der Waals surface area contributed by atoms with Gasteiger partial charge in [0.25, 0.3) is 5.91 Å². The maximum atomic E-state index is 13.3. The Balaban J connectivity index is 0.00000166. The Morgan fingerprint density at radius 2 is 1.81 bits per heavy atom. The molecule has 0 radical (unpaired) electrons. The third kappa shape index (κ3) is 6.37. The fourth-order valence-corrected chi connectivity index (χ4v) is 3.43. The number of hydrogen-bond acceptors (Lipinski definition) is 4. The summed E-state index contributed by atoms with van der Waals surface area (Å²) in [4.78, 5) is 15.6. The molecular formula is C23H29F3N2O3. The van der Waals surface area contributed by atoms with Gasteiger partial charge in [-0.25, -0.2) is 0 Å². The van der Waals surface area contributed by atoms with Gasteiger partial charge in [-0.15, -0.1) is 0 Å². The van der Waals surface area contributed by atoms with Gasteiger partial charge in [0.05, 0.1) is 12.2 Å². The predicted molar refractivity (Wildman–Crippen MR) is 114 cm³/mol. The fourth-order valence-electron chi connectivity index (χ4n) is 3.43. The molecule has 0 saturated carbocycles. The van der Waals surface area contributed by atoms with Crippen molar-refractivity contribution < 1.29 is 27.8 Å². The first kappa shape index (κ1) is 24.5. The molecule has 1 unspecified atom stereocenters. The average molecular weight is 438 g/mol. The lowest BCUT2D eigenvalue weighted by molar-refractivity contribution is -0.137. The Morgan fingerprint density at radius 3 is 2.42 bits per heavy atom. The van der Waals surface area contributed by atoms with Crippen LogP contribution in [0, 0.1) is 0 Å². The maximum absolute atomic E-state index is 13.3. The number of halogens is 3. The van der Waals surface area contributed by atoms with Crippen LogP contribution in [0.3, 0.4) is 0 Å². The van der Waals surface area contributed by atoms with E-state index in [9.17, 15) is 18.0 Å². The van der Waals surface area contributed by atoms with E-state index in [-0.39, 0.29) is 30.9 Å². The van der Waals surface area contributed by atoms with Crippen molar-refractivity contribution in [3.63, 3.8) is 0 Å². The van der Waals surface area contributed by atoms with Crippen LogP contribution in [0.4, 0.5) is 18.9 Å². The van der Waals surface area contributed by atoms with Gasteiger partial charge < -0.3 is 19.6 Å². The zero-order chi connectivity index (χ0) is 23.0. The number of ether oxygens (including phenoxy) is 1. The number of aliphatic hydroxyl groups is 1. The van der Waals surface area contributed by atoms with E-state index in [0.29, 0.717) is 25.3 Å². The van der Waals surface area contributed by atoms with Crippen LogP contribution in [0.1, 0.15) is 31.4 Å². The molecule has 2 aromatic carbocycles. The zero-order valence-electron chi connectivity index (χ0n) is 18.0. The first-order chi connectivity index (χ1) is 14.8. The second-order valence-corrected chi connectivity index (χ2v) is 7.00. The van der Waals surface area contributed by atoms with E-state index < -0.39 is 11.7 Å². The molecule has 1 amide bonds. The number of carbonyl (C=O) groups is 1. The van der Waals surface area contributed by atoms with Crippen LogP contribution in [-0.2, 0) is 17.6 Å². The van der Waals surface area contributed by atoms with Crippen LogP contribution < -0.4 is 9.64 Å². The normalized spacial score (nSPS) is 15.8. The first-order valence-corrected chi connectivity index (χ1v) is 10.3. The standard InChI is InChI=1S/C21H23F3N2O3.C2H6/c1-25(19-5-3-2-4-18(19)21(22,23)24)16-10-11-26(12-16)20(28)14-29-17-8-6-15(13-27)7-9-17;1-2/h2-9,16,27H,10-14H2,1H3;1-2H3. The molecule has 1 heterocycles. The molecule has 0 bridgehead atoms. The Bertz CT molecular complexity index is 841. The number of likely N-dealkylation sites (tertiary alicyclic amines) is 1. The van der Waals surface area contributed by atoms with Crippen molar-refractivity contribution in [3.05, 3.63) is 59.7 Å². The van der Waals surface area contributed by atoms with Crippen LogP contribution in [-0.4, -0.2) is 48.7 Å². The van der Waals surface area contributed by atoms with Crippen LogP contribution in [0.15, 0.2) is 48.5 Å². The summed E-state index contributed by atoms with van der Waals surface area (Å²) in [5, 5.41) is 9.04. The van der Waals surface area contributed by atoms with Gasteiger partial charge in [0.15, 0.2) is 6.61 Å². The number of nitrogens with zero attached hydrogens (tertiary/aromatic N) is 2. The largest absolute Gasteiger partial charge is 0.484 e. The lowest BCUT2D eigenvalue weighted by Crippen LogP contribution is -2.38. The number of benzene rings is 2. The van der Waals surface area contributed by atoms with Gasteiger partial charge in [-0.2, -0.15) is 13.2 Å². The molecule has 0 spiro atoms. The Hall–Kier alpha value is -2.74. The van der Waals surface area contributed by atoms with Crippen molar-refractivity contribution in [1.29, 1.82) is 0 Å². The number of likely N-dealkylation sites (N-methyl/N-ethyl adjacent to an activating group) is 1. The lowest BCUT2D eigenvalue weighted by Gasteiger charge is -2.29. The van der Waals surface area contributed by atoms with Crippen LogP contribution in [0.25, 0.3) is 0 Å². The minimum absolute atomic E-state index is 0.0701. The van der Waals surface area contributed by atoms with Crippen molar-refractivity contribution >= 4 is 11.6 Å². The molecule has 1 aliphatic rings. The van der Waals surface area contributed by atoms with E-state index >= 15 is 0 Å². The molecule has 170 valence electrons. The first-order valence-electron chi connectivity index (χ1n) is 10.3. The molecule has 1 atom stereocenters. The third-order valence-corrected chi connectivity index (χ3v) is 5.12. The topological polar surface area (TPSA) is 53.0 Å². The summed E-state index contributed by atoms with van der Waals surface area (Å²) < 4.78 is 45.4. The number of rotatable bonds is 6. The van der Waals surface area contributed by atoms with Gasteiger partial charge in [-0.3, -0.25) is 4.79 Å². The number of hydrogen-bond donors (Lipinski definition) is 1. The van der Waals surface area contributed by atoms with Crippen molar-refractivity contribution in [2.75, 3.05) is 31.6 Å². The van der Waals surface area contributed by atoms with E-state index in [2.05, 4.69) is 0 Å². The number of amides is 1. The predicted octanol–water partition coefficient (Wildman–Crippen LogP) is 4.34. The summed E-state index contributed by atoms with van der Waals surface area (Å²) in [6, 6.07) is 12.0.